The van der Waals surface area contributed by atoms with Crippen LogP contribution >= 0.6 is 11.6 Å². The number of hydrogen-bond donors (Lipinski definition) is 1. The molecule has 1 aliphatic rings. The lowest BCUT2D eigenvalue weighted by Crippen LogP contribution is -2.31. The van der Waals surface area contributed by atoms with E-state index in [-0.39, 0.29) is 27.5 Å². The second-order valence-corrected chi connectivity index (χ2v) is 8.52. The summed E-state index contributed by atoms with van der Waals surface area (Å²) in [6, 6.07) is 4.20. The number of carbonyl (C=O) groups is 2. The number of anilines is 1. The van der Waals surface area contributed by atoms with Crippen LogP contribution in [-0.2, 0) is 24.3 Å². The van der Waals surface area contributed by atoms with E-state index in [1.54, 1.807) is 13.8 Å². The minimum Gasteiger partial charge on any atom is -0.455 e. The van der Waals surface area contributed by atoms with Gasteiger partial charge in [0.2, 0.25) is 10.0 Å². The van der Waals surface area contributed by atoms with Crippen molar-refractivity contribution in [2.24, 2.45) is 11.8 Å². The van der Waals surface area contributed by atoms with Gasteiger partial charge in [0.25, 0.3) is 5.91 Å². The van der Waals surface area contributed by atoms with E-state index in [0.717, 1.165) is 6.42 Å². The maximum absolute atomic E-state index is 12.6. The highest BCUT2D eigenvalue weighted by molar-refractivity contribution is 7.89. The molecule has 0 unspecified atom stereocenters. The minimum atomic E-state index is -3.76. The van der Waals surface area contributed by atoms with Crippen molar-refractivity contribution in [3.8, 4) is 0 Å². The molecule has 1 fully saturated rings. The van der Waals surface area contributed by atoms with Gasteiger partial charge in [-0.25, -0.2) is 8.42 Å². The molecule has 2 rings (SSSR count). The molecule has 0 heterocycles. The van der Waals surface area contributed by atoms with Crippen LogP contribution in [0.1, 0.15) is 27.2 Å². The van der Waals surface area contributed by atoms with Crippen molar-refractivity contribution in [3.05, 3.63) is 23.2 Å². The lowest BCUT2D eigenvalue weighted by Gasteiger charge is -2.19. The predicted molar refractivity (Wildman–Crippen MR) is 98.4 cm³/mol. The third kappa shape index (κ3) is 4.75. The van der Waals surface area contributed by atoms with Gasteiger partial charge in [0.1, 0.15) is 4.90 Å². The Hall–Kier alpha value is -1.64. The molecule has 0 radical (unpaired) electrons. The topological polar surface area (TPSA) is 92.8 Å². The maximum atomic E-state index is 12.6. The van der Waals surface area contributed by atoms with Gasteiger partial charge in [0.15, 0.2) is 6.61 Å². The number of halogens is 1. The molecule has 0 saturated heterocycles. The second kappa shape index (κ2) is 8.37. The molecule has 0 spiro atoms. The van der Waals surface area contributed by atoms with E-state index in [1.807, 2.05) is 6.92 Å². The van der Waals surface area contributed by atoms with Gasteiger partial charge in [-0.2, -0.15) is 4.31 Å². The van der Waals surface area contributed by atoms with E-state index in [4.69, 9.17) is 16.3 Å². The van der Waals surface area contributed by atoms with Crippen molar-refractivity contribution in [1.29, 1.82) is 0 Å². The van der Waals surface area contributed by atoms with Crippen molar-refractivity contribution in [2.75, 3.05) is 25.0 Å². The monoisotopic (exact) mass is 402 g/mol. The standard InChI is InChI=1S/C17H23ClN2O5S/c1-4-20(5-2)26(23,24)15-9-12(6-7-14(15)18)19-16(21)10-25-17(22)13-8-11(13)3/h6-7,9,11,13H,4-5,8,10H2,1-3H3,(H,19,21)/t11-,13-/m1/s1. The Morgan fingerprint density at radius 3 is 2.46 bits per heavy atom. The first-order valence-corrected chi connectivity index (χ1v) is 10.3. The molecule has 7 nitrogen and oxygen atoms in total. The first-order chi connectivity index (χ1) is 12.2. The molecule has 0 aliphatic heterocycles. The Labute approximate surface area is 158 Å². The lowest BCUT2D eigenvalue weighted by atomic mass is 10.3. The number of benzene rings is 1. The molecule has 1 aliphatic carbocycles. The molecule has 144 valence electrons. The predicted octanol–water partition coefficient (Wildman–Crippen LogP) is 2.51. The summed E-state index contributed by atoms with van der Waals surface area (Å²) in [5.74, 6) is -0.743. The van der Waals surface area contributed by atoms with Crippen molar-refractivity contribution in [2.45, 2.75) is 32.1 Å². The fraction of sp³-hybridized carbons (Fsp3) is 0.529. The van der Waals surface area contributed by atoms with Gasteiger partial charge < -0.3 is 10.1 Å². The second-order valence-electron chi connectivity index (χ2n) is 6.21. The summed E-state index contributed by atoms with van der Waals surface area (Å²) in [4.78, 5) is 23.5. The van der Waals surface area contributed by atoms with Gasteiger partial charge in [0, 0.05) is 18.8 Å². The van der Waals surface area contributed by atoms with Gasteiger partial charge in [-0.1, -0.05) is 32.4 Å². The summed E-state index contributed by atoms with van der Waals surface area (Å²) in [5.41, 5.74) is 0.265. The number of sulfonamides is 1. The fourth-order valence-electron chi connectivity index (χ4n) is 2.57. The highest BCUT2D eigenvalue weighted by Crippen LogP contribution is 2.38. The molecule has 0 bridgehead atoms. The third-order valence-electron chi connectivity index (χ3n) is 4.30. The maximum Gasteiger partial charge on any atom is 0.309 e. The van der Waals surface area contributed by atoms with Gasteiger partial charge in [0.05, 0.1) is 10.9 Å². The highest BCUT2D eigenvalue weighted by atomic mass is 35.5. The lowest BCUT2D eigenvalue weighted by molar-refractivity contribution is -0.148. The number of amides is 1. The van der Waals surface area contributed by atoms with Crippen LogP contribution in [0.2, 0.25) is 5.02 Å². The van der Waals surface area contributed by atoms with Gasteiger partial charge in [-0.15, -0.1) is 0 Å². The normalized spacial score (nSPS) is 19.3. The van der Waals surface area contributed by atoms with Crippen LogP contribution in [0.15, 0.2) is 23.1 Å². The Morgan fingerprint density at radius 1 is 1.31 bits per heavy atom. The summed E-state index contributed by atoms with van der Waals surface area (Å²) in [6.45, 7) is 5.61. The van der Waals surface area contributed by atoms with Crippen LogP contribution in [0.3, 0.4) is 0 Å². The molecule has 1 aromatic carbocycles. The van der Waals surface area contributed by atoms with Gasteiger partial charge >= 0.3 is 5.97 Å². The van der Waals surface area contributed by atoms with E-state index in [2.05, 4.69) is 5.32 Å². The van der Waals surface area contributed by atoms with Crippen molar-refractivity contribution < 1.29 is 22.7 Å². The molecular formula is C17H23ClN2O5S. The third-order valence-corrected chi connectivity index (χ3v) is 6.83. The van der Waals surface area contributed by atoms with E-state index in [0.29, 0.717) is 19.0 Å². The van der Waals surface area contributed by atoms with Crippen molar-refractivity contribution >= 4 is 39.2 Å². The molecule has 2 atom stereocenters. The summed E-state index contributed by atoms with van der Waals surface area (Å²) in [7, 11) is -3.76. The molecule has 1 N–H and O–H groups in total. The minimum absolute atomic E-state index is 0.0732. The van der Waals surface area contributed by atoms with Crippen LogP contribution < -0.4 is 5.32 Å². The SMILES string of the molecule is CCN(CC)S(=O)(=O)c1cc(NC(=O)COC(=O)[C@@H]2C[C@H]2C)ccc1Cl. The zero-order valence-electron chi connectivity index (χ0n) is 15.0. The van der Waals surface area contributed by atoms with E-state index in [1.165, 1.54) is 22.5 Å². The number of rotatable bonds is 8. The molecule has 1 saturated carbocycles. The van der Waals surface area contributed by atoms with Crippen LogP contribution in [0.5, 0.6) is 0 Å². The number of nitrogens with one attached hydrogen (secondary N) is 1. The number of carbonyl (C=O) groups excluding carboxylic acids is 2. The zero-order chi connectivity index (χ0) is 19.5. The summed E-state index contributed by atoms with van der Waals surface area (Å²) in [6.07, 6.45) is 0.782. The number of ether oxygens (including phenoxy) is 1. The van der Waals surface area contributed by atoms with Gasteiger partial charge in [-0.05, 0) is 30.5 Å². The number of nitrogens with zero attached hydrogens (tertiary/aromatic N) is 1. The first kappa shape index (κ1) is 20.7. The summed E-state index contributed by atoms with van der Waals surface area (Å²) in [5, 5.41) is 2.60. The zero-order valence-corrected chi connectivity index (χ0v) is 16.6. The van der Waals surface area contributed by atoms with Crippen molar-refractivity contribution in [3.63, 3.8) is 0 Å². The van der Waals surface area contributed by atoms with Crippen LogP contribution in [0, 0.1) is 11.8 Å². The molecule has 1 aromatic rings. The Morgan fingerprint density at radius 2 is 1.92 bits per heavy atom. The highest BCUT2D eigenvalue weighted by Gasteiger charge is 2.40. The molecule has 26 heavy (non-hydrogen) atoms. The average Bonchev–Trinajstić information content (AvgIpc) is 3.32. The van der Waals surface area contributed by atoms with Crippen LogP contribution in [0.25, 0.3) is 0 Å². The van der Waals surface area contributed by atoms with Crippen LogP contribution in [-0.4, -0.2) is 44.3 Å². The first-order valence-electron chi connectivity index (χ1n) is 8.46. The van der Waals surface area contributed by atoms with E-state index in [9.17, 15) is 18.0 Å². The molecular weight excluding hydrogens is 380 g/mol. The quantitative estimate of drug-likeness (QED) is 0.674. The van der Waals surface area contributed by atoms with E-state index < -0.39 is 22.5 Å². The average molecular weight is 403 g/mol. The Bertz CT molecular complexity index is 792. The molecule has 0 aromatic heterocycles. The Kier molecular flexibility index (Phi) is 6.65. The smallest absolute Gasteiger partial charge is 0.309 e. The number of esters is 1. The largest absolute Gasteiger partial charge is 0.455 e. The van der Waals surface area contributed by atoms with Gasteiger partial charge in [-0.3, -0.25) is 9.59 Å². The number of hydrogen-bond acceptors (Lipinski definition) is 5. The van der Waals surface area contributed by atoms with Crippen molar-refractivity contribution in [1.82, 2.24) is 4.31 Å². The Balaban J connectivity index is 2.06. The van der Waals surface area contributed by atoms with Crippen LogP contribution in [0.4, 0.5) is 5.69 Å². The molecule has 9 heteroatoms. The fourth-order valence-corrected chi connectivity index (χ4v) is 4.53. The van der Waals surface area contributed by atoms with E-state index >= 15 is 0 Å². The summed E-state index contributed by atoms with van der Waals surface area (Å²) < 4.78 is 31.5. The molecule has 1 amide bonds. The summed E-state index contributed by atoms with van der Waals surface area (Å²) >= 11 is 6.05.